The number of rotatable bonds is 3. The molecule has 1 atom stereocenters. The third-order valence-corrected chi connectivity index (χ3v) is 1.69. The largest absolute Gasteiger partial charge is 0.458 e. The van der Waals surface area contributed by atoms with Crippen LogP contribution in [0.25, 0.3) is 0 Å². The lowest BCUT2D eigenvalue weighted by Gasteiger charge is -2.26. The molecule has 0 aliphatic carbocycles. The Bertz CT molecular complexity index is 241. The second-order valence-electron chi connectivity index (χ2n) is 4.96. The summed E-state index contributed by atoms with van der Waals surface area (Å²) < 4.78 is 5.21. The smallest absolute Gasteiger partial charge is 0.329 e. The molecule has 0 heterocycles. The fraction of sp³-hybridized carbons (Fsp3) is 0.818. The Morgan fingerprint density at radius 3 is 1.93 bits per heavy atom. The summed E-state index contributed by atoms with van der Waals surface area (Å²) in [5.74, 6) is -0.587. The van der Waals surface area contributed by atoms with Crippen LogP contribution in [0.4, 0.5) is 0 Å². The monoisotopic (exact) mass is 215 g/mol. The fourth-order valence-electron chi connectivity index (χ4n) is 1.08. The van der Waals surface area contributed by atoms with Crippen molar-refractivity contribution in [2.24, 2.45) is 5.92 Å². The van der Waals surface area contributed by atoms with Gasteiger partial charge in [-0.15, -0.1) is 0 Å². The Balaban J connectivity index is 4.50. The van der Waals surface area contributed by atoms with Crippen LogP contribution in [0.2, 0.25) is 0 Å². The standard InChI is InChI=1S/C11H21NO3/c1-7(2)9(12-8(3)13)10(14)15-11(4,5)6/h7,9H,1-6H3,(H,12,13)/t9-/m1/s1. The van der Waals surface area contributed by atoms with Crippen LogP contribution in [0, 0.1) is 5.92 Å². The van der Waals surface area contributed by atoms with Gasteiger partial charge >= 0.3 is 5.97 Å². The molecule has 88 valence electrons. The van der Waals surface area contributed by atoms with E-state index in [-0.39, 0.29) is 17.8 Å². The maximum Gasteiger partial charge on any atom is 0.329 e. The quantitative estimate of drug-likeness (QED) is 0.726. The topological polar surface area (TPSA) is 55.4 Å². The van der Waals surface area contributed by atoms with Crippen molar-refractivity contribution in [3.63, 3.8) is 0 Å². The van der Waals surface area contributed by atoms with Gasteiger partial charge in [0.2, 0.25) is 5.91 Å². The predicted molar refractivity (Wildman–Crippen MR) is 58.3 cm³/mol. The van der Waals surface area contributed by atoms with Crippen molar-refractivity contribution in [1.82, 2.24) is 5.32 Å². The molecule has 0 unspecified atom stereocenters. The highest BCUT2D eigenvalue weighted by atomic mass is 16.6. The molecular weight excluding hydrogens is 194 g/mol. The van der Waals surface area contributed by atoms with Gasteiger partial charge in [0.25, 0.3) is 0 Å². The van der Waals surface area contributed by atoms with E-state index in [1.54, 1.807) is 20.8 Å². The summed E-state index contributed by atoms with van der Waals surface area (Å²) in [6.07, 6.45) is 0. The van der Waals surface area contributed by atoms with Crippen LogP contribution >= 0.6 is 0 Å². The van der Waals surface area contributed by atoms with Crippen molar-refractivity contribution in [3.8, 4) is 0 Å². The van der Waals surface area contributed by atoms with Crippen LogP contribution in [-0.4, -0.2) is 23.5 Å². The lowest BCUT2D eigenvalue weighted by atomic mass is 10.0. The molecule has 15 heavy (non-hydrogen) atoms. The van der Waals surface area contributed by atoms with E-state index in [9.17, 15) is 9.59 Å². The van der Waals surface area contributed by atoms with E-state index < -0.39 is 11.6 Å². The summed E-state index contributed by atoms with van der Waals surface area (Å²) in [4.78, 5) is 22.6. The van der Waals surface area contributed by atoms with Gasteiger partial charge in [-0.1, -0.05) is 13.8 Å². The van der Waals surface area contributed by atoms with Gasteiger partial charge in [0, 0.05) is 6.92 Å². The summed E-state index contributed by atoms with van der Waals surface area (Å²) in [5, 5.41) is 2.59. The Morgan fingerprint density at radius 1 is 1.20 bits per heavy atom. The molecule has 0 saturated heterocycles. The molecule has 0 spiro atoms. The number of carbonyl (C=O) groups is 2. The van der Waals surface area contributed by atoms with E-state index >= 15 is 0 Å². The van der Waals surface area contributed by atoms with Gasteiger partial charge in [-0.05, 0) is 26.7 Å². The molecule has 4 heteroatoms. The molecule has 0 rings (SSSR count). The summed E-state index contributed by atoms with van der Waals surface area (Å²) in [6, 6.07) is -0.568. The van der Waals surface area contributed by atoms with Crippen LogP contribution in [0.1, 0.15) is 41.5 Å². The Hall–Kier alpha value is -1.06. The molecule has 0 aromatic carbocycles. The van der Waals surface area contributed by atoms with E-state index in [1.807, 2.05) is 13.8 Å². The van der Waals surface area contributed by atoms with E-state index in [1.165, 1.54) is 6.92 Å². The zero-order valence-corrected chi connectivity index (χ0v) is 10.4. The van der Waals surface area contributed by atoms with Crippen LogP contribution < -0.4 is 5.32 Å². The second kappa shape index (κ2) is 5.14. The highest BCUT2D eigenvalue weighted by molar-refractivity contribution is 5.83. The third kappa shape index (κ3) is 6.10. The van der Waals surface area contributed by atoms with Crippen molar-refractivity contribution in [3.05, 3.63) is 0 Å². The molecule has 1 N–H and O–H groups in total. The Kier molecular flexibility index (Phi) is 4.78. The zero-order chi connectivity index (χ0) is 12.2. The normalized spacial score (nSPS) is 13.5. The van der Waals surface area contributed by atoms with Gasteiger partial charge in [-0.25, -0.2) is 4.79 Å². The number of esters is 1. The average molecular weight is 215 g/mol. The van der Waals surface area contributed by atoms with Crippen molar-refractivity contribution in [2.75, 3.05) is 0 Å². The van der Waals surface area contributed by atoms with E-state index in [0.717, 1.165) is 0 Å². The van der Waals surface area contributed by atoms with Gasteiger partial charge in [-0.3, -0.25) is 4.79 Å². The van der Waals surface area contributed by atoms with Crippen LogP contribution in [0.5, 0.6) is 0 Å². The highest BCUT2D eigenvalue weighted by Crippen LogP contribution is 2.12. The first-order valence-corrected chi connectivity index (χ1v) is 5.13. The SMILES string of the molecule is CC(=O)N[C@@H](C(=O)OC(C)(C)C)C(C)C. The van der Waals surface area contributed by atoms with Gasteiger partial charge in [-0.2, -0.15) is 0 Å². The molecule has 0 bridgehead atoms. The molecule has 0 fully saturated rings. The maximum atomic E-state index is 11.7. The van der Waals surface area contributed by atoms with Gasteiger partial charge in [0.15, 0.2) is 0 Å². The summed E-state index contributed by atoms with van der Waals surface area (Å²) in [7, 11) is 0. The van der Waals surface area contributed by atoms with Crippen molar-refractivity contribution < 1.29 is 14.3 Å². The lowest BCUT2D eigenvalue weighted by molar-refractivity contribution is -0.159. The molecule has 0 aromatic heterocycles. The number of amides is 1. The fourth-order valence-corrected chi connectivity index (χ4v) is 1.08. The first-order valence-electron chi connectivity index (χ1n) is 5.13. The van der Waals surface area contributed by atoms with Crippen molar-refractivity contribution in [2.45, 2.75) is 53.2 Å². The number of ether oxygens (including phenoxy) is 1. The minimum absolute atomic E-state index is 0.0174. The second-order valence-corrected chi connectivity index (χ2v) is 4.96. The predicted octanol–water partition coefficient (Wildman–Crippen LogP) is 1.49. The molecule has 0 aromatic rings. The minimum Gasteiger partial charge on any atom is -0.458 e. The summed E-state index contributed by atoms with van der Waals surface area (Å²) in [5.41, 5.74) is -0.525. The first kappa shape index (κ1) is 13.9. The van der Waals surface area contributed by atoms with Gasteiger partial charge < -0.3 is 10.1 Å². The van der Waals surface area contributed by atoms with E-state index in [2.05, 4.69) is 5.32 Å². The molecule has 4 nitrogen and oxygen atoms in total. The van der Waals surface area contributed by atoms with Gasteiger partial charge in [0.05, 0.1) is 0 Å². The number of carbonyl (C=O) groups excluding carboxylic acids is 2. The summed E-state index contributed by atoms with van der Waals surface area (Å²) >= 11 is 0. The molecule has 0 saturated carbocycles. The van der Waals surface area contributed by atoms with Crippen LogP contribution in [-0.2, 0) is 14.3 Å². The Labute approximate surface area is 91.4 Å². The molecule has 1 amide bonds. The van der Waals surface area contributed by atoms with Crippen LogP contribution in [0.3, 0.4) is 0 Å². The van der Waals surface area contributed by atoms with Crippen molar-refractivity contribution >= 4 is 11.9 Å². The molecule has 0 radical (unpaired) electrons. The summed E-state index contributed by atoms with van der Waals surface area (Å²) in [6.45, 7) is 10.5. The van der Waals surface area contributed by atoms with Crippen LogP contribution in [0.15, 0.2) is 0 Å². The number of nitrogens with one attached hydrogen (secondary N) is 1. The van der Waals surface area contributed by atoms with E-state index in [4.69, 9.17) is 4.74 Å². The molecule has 0 aliphatic heterocycles. The highest BCUT2D eigenvalue weighted by Gasteiger charge is 2.28. The van der Waals surface area contributed by atoms with Crippen molar-refractivity contribution in [1.29, 1.82) is 0 Å². The first-order chi connectivity index (χ1) is 6.63. The third-order valence-electron chi connectivity index (χ3n) is 1.69. The number of hydrogen-bond acceptors (Lipinski definition) is 3. The minimum atomic E-state index is -0.568. The molecule has 0 aliphatic rings. The Morgan fingerprint density at radius 2 is 1.67 bits per heavy atom. The average Bonchev–Trinajstić information content (AvgIpc) is 1.95. The molecular formula is C11H21NO3. The zero-order valence-electron chi connectivity index (χ0n) is 10.4. The van der Waals surface area contributed by atoms with E-state index in [0.29, 0.717) is 0 Å². The maximum absolute atomic E-state index is 11.7. The number of hydrogen-bond donors (Lipinski definition) is 1. The van der Waals surface area contributed by atoms with Gasteiger partial charge in [0.1, 0.15) is 11.6 Å². The lowest BCUT2D eigenvalue weighted by Crippen LogP contribution is -2.46.